The lowest BCUT2D eigenvalue weighted by molar-refractivity contribution is -0.139. The minimum atomic E-state index is -1.04. The van der Waals surface area contributed by atoms with Crippen molar-refractivity contribution < 1.29 is 14.6 Å². The van der Waals surface area contributed by atoms with Crippen LogP contribution in [0, 0.1) is 0 Å². The van der Waals surface area contributed by atoms with Crippen LogP contribution in [0.2, 0.25) is 0 Å². The van der Waals surface area contributed by atoms with Gasteiger partial charge in [-0.2, -0.15) is 5.10 Å². The highest BCUT2D eigenvalue weighted by Crippen LogP contribution is 2.20. The predicted molar refractivity (Wildman–Crippen MR) is 94.6 cm³/mol. The van der Waals surface area contributed by atoms with Gasteiger partial charge in [-0.1, -0.05) is 42.5 Å². The minimum Gasteiger partial charge on any atom is -0.481 e. The van der Waals surface area contributed by atoms with Gasteiger partial charge in [0.05, 0.1) is 18.1 Å². The number of nitrogen functional groups attached to an aromatic ring is 1. The van der Waals surface area contributed by atoms with Crippen molar-refractivity contribution in [3.8, 4) is 17.0 Å². The quantitative estimate of drug-likeness (QED) is 0.673. The summed E-state index contributed by atoms with van der Waals surface area (Å²) in [6.45, 7) is -0.420. The lowest BCUT2D eigenvalue weighted by Gasteiger charge is -2.06. The van der Waals surface area contributed by atoms with E-state index in [1.165, 1.54) is 4.68 Å². The number of benzene rings is 2. The highest BCUT2D eigenvalue weighted by molar-refractivity contribution is 5.83. The van der Waals surface area contributed by atoms with E-state index in [0.29, 0.717) is 17.0 Å². The molecule has 0 fully saturated rings. The van der Waals surface area contributed by atoms with Crippen molar-refractivity contribution in [3.63, 3.8) is 0 Å². The van der Waals surface area contributed by atoms with Crippen LogP contribution in [-0.2, 0) is 4.79 Å². The number of para-hydroxylation sites is 1. The lowest BCUT2D eigenvalue weighted by atomic mass is 10.2. The molecule has 0 aliphatic heterocycles. The summed E-state index contributed by atoms with van der Waals surface area (Å²) in [5, 5.41) is 13.0. The zero-order chi connectivity index (χ0) is 17.6. The molecule has 0 amide bonds. The summed E-state index contributed by atoms with van der Waals surface area (Å²) in [6, 6.07) is 16.7. The van der Waals surface area contributed by atoms with Crippen LogP contribution >= 0.6 is 0 Å². The van der Waals surface area contributed by atoms with Gasteiger partial charge in [0.15, 0.2) is 6.61 Å². The first-order chi connectivity index (χ1) is 12.1. The first kappa shape index (κ1) is 16.3. The van der Waals surface area contributed by atoms with Crippen LogP contribution < -0.4 is 10.5 Å². The average molecular weight is 336 g/mol. The number of carbonyl (C=O) groups is 1. The molecule has 0 bridgehead atoms. The molecule has 126 valence electrons. The topological polar surface area (TPSA) is 103 Å². The SMILES string of the molecule is Nc1nc(-c2ccccc2)cn1N=Cc1ccccc1OCC(=O)O. The van der Waals surface area contributed by atoms with Crippen LogP contribution in [0.1, 0.15) is 5.56 Å². The molecular formula is C18H16N4O3. The van der Waals surface area contributed by atoms with Gasteiger partial charge in [-0.05, 0) is 12.1 Å². The number of carboxylic acids is 1. The van der Waals surface area contributed by atoms with E-state index in [1.54, 1.807) is 30.6 Å². The number of imidazole rings is 1. The van der Waals surface area contributed by atoms with Gasteiger partial charge in [0.1, 0.15) is 5.75 Å². The second-order valence-electron chi connectivity index (χ2n) is 5.16. The smallest absolute Gasteiger partial charge is 0.341 e. The molecule has 0 saturated carbocycles. The Bertz CT molecular complexity index is 904. The Morgan fingerprint density at radius 2 is 1.92 bits per heavy atom. The summed E-state index contributed by atoms with van der Waals surface area (Å²) >= 11 is 0. The van der Waals surface area contributed by atoms with Crippen LogP contribution in [0.4, 0.5) is 5.95 Å². The molecule has 0 unspecified atom stereocenters. The molecule has 0 radical (unpaired) electrons. The summed E-state index contributed by atoms with van der Waals surface area (Å²) in [5.41, 5.74) is 8.20. The van der Waals surface area contributed by atoms with E-state index in [2.05, 4.69) is 10.1 Å². The number of nitrogens with two attached hydrogens (primary N) is 1. The largest absolute Gasteiger partial charge is 0.481 e. The van der Waals surface area contributed by atoms with Gasteiger partial charge in [-0.15, -0.1) is 0 Å². The van der Waals surface area contributed by atoms with Crippen molar-refractivity contribution in [1.29, 1.82) is 0 Å². The molecule has 1 heterocycles. The second kappa shape index (κ2) is 7.31. The molecule has 3 aromatic rings. The maximum atomic E-state index is 10.7. The standard InChI is InChI=1S/C18H16N4O3/c19-18-21-15(13-6-2-1-3-7-13)11-22(18)20-10-14-8-4-5-9-16(14)25-12-17(23)24/h1-11H,12H2,(H2,19,21)(H,23,24). The van der Waals surface area contributed by atoms with E-state index in [1.807, 2.05) is 36.4 Å². The molecule has 1 aromatic heterocycles. The van der Waals surface area contributed by atoms with E-state index in [-0.39, 0.29) is 5.95 Å². The molecule has 2 aromatic carbocycles. The monoisotopic (exact) mass is 336 g/mol. The van der Waals surface area contributed by atoms with E-state index >= 15 is 0 Å². The van der Waals surface area contributed by atoms with Crippen molar-refractivity contribution in [2.45, 2.75) is 0 Å². The van der Waals surface area contributed by atoms with E-state index in [0.717, 1.165) is 5.56 Å². The van der Waals surface area contributed by atoms with Crippen molar-refractivity contribution >= 4 is 18.1 Å². The molecule has 3 rings (SSSR count). The third-order valence-electron chi connectivity index (χ3n) is 3.38. The van der Waals surface area contributed by atoms with Crippen LogP contribution in [-0.4, -0.2) is 33.6 Å². The van der Waals surface area contributed by atoms with Gasteiger partial charge in [-0.3, -0.25) is 0 Å². The highest BCUT2D eigenvalue weighted by atomic mass is 16.5. The van der Waals surface area contributed by atoms with Gasteiger partial charge >= 0.3 is 5.97 Å². The van der Waals surface area contributed by atoms with Gasteiger partial charge in [0, 0.05) is 11.1 Å². The van der Waals surface area contributed by atoms with Crippen LogP contribution in [0.5, 0.6) is 5.75 Å². The molecule has 0 atom stereocenters. The number of hydrogen-bond donors (Lipinski definition) is 2. The Labute approximate surface area is 144 Å². The second-order valence-corrected chi connectivity index (χ2v) is 5.16. The van der Waals surface area contributed by atoms with Crippen molar-refractivity contribution in [3.05, 3.63) is 66.4 Å². The fraction of sp³-hybridized carbons (Fsp3) is 0.0556. The number of nitrogens with zero attached hydrogens (tertiary/aromatic N) is 3. The van der Waals surface area contributed by atoms with E-state index in [9.17, 15) is 4.79 Å². The Kier molecular flexibility index (Phi) is 4.75. The molecule has 7 nitrogen and oxygen atoms in total. The molecule has 0 aliphatic rings. The fourth-order valence-corrected chi connectivity index (χ4v) is 2.21. The summed E-state index contributed by atoms with van der Waals surface area (Å²) in [7, 11) is 0. The van der Waals surface area contributed by atoms with Gasteiger partial charge in [0.2, 0.25) is 5.95 Å². The third-order valence-corrected chi connectivity index (χ3v) is 3.38. The Morgan fingerprint density at radius 1 is 1.20 bits per heavy atom. The van der Waals surface area contributed by atoms with Crippen LogP contribution in [0.25, 0.3) is 11.3 Å². The number of rotatable bonds is 6. The van der Waals surface area contributed by atoms with Crippen LogP contribution in [0.3, 0.4) is 0 Å². The lowest BCUT2D eigenvalue weighted by Crippen LogP contribution is -2.10. The van der Waals surface area contributed by atoms with Gasteiger partial charge < -0.3 is 15.6 Å². The van der Waals surface area contributed by atoms with Crippen LogP contribution in [0.15, 0.2) is 65.9 Å². The van der Waals surface area contributed by atoms with E-state index < -0.39 is 12.6 Å². The highest BCUT2D eigenvalue weighted by Gasteiger charge is 2.07. The summed E-state index contributed by atoms with van der Waals surface area (Å²) in [4.78, 5) is 15.0. The maximum absolute atomic E-state index is 10.7. The predicted octanol–water partition coefficient (Wildman–Crippen LogP) is 2.48. The number of aliphatic carboxylic acids is 1. The summed E-state index contributed by atoms with van der Waals surface area (Å²) < 4.78 is 6.70. The molecular weight excluding hydrogens is 320 g/mol. The Hall–Kier alpha value is -3.61. The first-order valence-corrected chi connectivity index (χ1v) is 7.52. The molecule has 25 heavy (non-hydrogen) atoms. The molecule has 0 aliphatic carbocycles. The molecule has 0 saturated heterocycles. The zero-order valence-corrected chi connectivity index (χ0v) is 13.2. The Morgan fingerprint density at radius 3 is 2.68 bits per heavy atom. The van der Waals surface area contributed by atoms with Crippen molar-refractivity contribution in [1.82, 2.24) is 9.66 Å². The number of anilines is 1. The van der Waals surface area contributed by atoms with E-state index in [4.69, 9.17) is 15.6 Å². The Balaban J connectivity index is 1.83. The third kappa shape index (κ3) is 4.03. The zero-order valence-electron chi connectivity index (χ0n) is 13.2. The van der Waals surface area contributed by atoms with Crippen molar-refractivity contribution in [2.24, 2.45) is 5.10 Å². The van der Waals surface area contributed by atoms with Crippen molar-refractivity contribution in [2.75, 3.05) is 12.3 Å². The molecule has 3 N–H and O–H groups in total. The average Bonchev–Trinajstić information content (AvgIpc) is 3.00. The number of aromatic nitrogens is 2. The molecule has 7 heteroatoms. The molecule has 0 spiro atoms. The van der Waals surface area contributed by atoms with Gasteiger partial charge in [0.25, 0.3) is 0 Å². The minimum absolute atomic E-state index is 0.249. The summed E-state index contributed by atoms with van der Waals surface area (Å²) in [6.07, 6.45) is 3.27. The number of carboxylic acid groups (broad SMARTS) is 1. The number of ether oxygens (including phenoxy) is 1. The fourth-order valence-electron chi connectivity index (χ4n) is 2.21. The van der Waals surface area contributed by atoms with Gasteiger partial charge in [-0.25, -0.2) is 14.5 Å². The normalized spacial score (nSPS) is 10.9. The summed E-state index contributed by atoms with van der Waals surface area (Å²) in [5.74, 6) is -0.368. The maximum Gasteiger partial charge on any atom is 0.341 e. The number of hydrogen-bond acceptors (Lipinski definition) is 5. The first-order valence-electron chi connectivity index (χ1n) is 7.52.